The fourth-order valence-corrected chi connectivity index (χ4v) is 3.31. The van der Waals surface area contributed by atoms with Gasteiger partial charge in [-0.1, -0.05) is 13.8 Å². The third kappa shape index (κ3) is 3.52. The average Bonchev–Trinajstić information content (AvgIpc) is 2.54. The highest BCUT2D eigenvalue weighted by atomic mass is 79.9. The summed E-state index contributed by atoms with van der Waals surface area (Å²) in [6.07, 6.45) is 2.43. The van der Waals surface area contributed by atoms with E-state index in [2.05, 4.69) is 35.8 Å². The van der Waals surface area contributed by atoms with E-state index in [4.69, 9.17) is 4.74 Å². The lowest BCUT2D eigenvalue weighted by Crippen LogP contribution is -2.35. The van der Waals surface area contributed by atoms with Gasteiger partial charge in [0.25, 0.3) is 5.56 Å². The summed E-state index contributed by atoms with van der Waals surface area (Å²) in [4.78, 5) is 26.4. The molecule has 0 saturated heterocycles. The monoisotopic (exact) mass is 392 g/mol. The van der Waals surface area contributed by atoms with Crippen LogP contribution in [0.4, 0.5) is 0 Å². The number of ether oxygens (including phenoxy) is 1. The minimum absolute atomic E-state index is 0.00468. The number of aromatic nitrogens is 3. The first-order chi connectivity index (χ1) is 11.5. The van der Waals surface area contributed by atoms with Crippen molar-refractivity contribution < 1.29 is 4.74 Å². The maximum Gasteiger partial charge on any atom is 0.254 e. The number of H-pyrrole nitrogens is 1. The molecule has 6 nitrogen and oxygen atoms in total. The minimum atomic E-state index is 0.00468. The number of methoxy groups -OCH3 is 1. The first kappa shape index (κ1) is 17.1. The van der Waals surface area contributed by atoms with Gasteiger partial charge >= 0.3 is 0 Å². The number of fused-ring (bicyclic) bond motifs is 1. The van der Waals surface area contributed by atoms with Crippen LogP contribution >= 0.6 is 15.9 Å². The molecule has 0 radical (unpaired) electrons. The van der Waals surface area contributed by atoms with Gasteiger partial charge in [0, 0.05) is 47.3 Å². The number of hydrogen-bond donors (Lipinski definition) is 1. The first-order valence-corrected chi connectivity index (χ1v) is 8.80. The number of nitrogens with zero attached hydrogens (tertiary/aromatic N) is 3. The Labute approximate surface area is 149 Å². The lowest BCUT2D eigenvalue weighted by atomic mass is 10.0. The van der Waals surface area contributed by atoms with Gasteiger partial charge in [-0.3, -0.25) is 9.69 Å². The Balaban J connectivity index is 1.85. The third-order valence-electron chi connectivity index (χ3n) is 4.20. The lowest BCUT2D eigenvalue weighted by Gasteiger charge is -2.28. The standard InChI is InChI=1S/C17H21BrN4O2/c1-10(2)15-20-14-9-22(5-4-13(14)16(23)21-15)8-11-6-12(18)7-19-17(11)24-3/h6-7,10H,4-5,8-9H2,1-3H3,(H,20,21,23). The molecule has 2 aromatic rings. The van der Waals surface area contributed by atoms with E-state index in [9.17, 15) is 4.79 Å². The molecule has 24 heavy (non-hydrogen) atoms. The Morgan fingerprint density at radius 2 is 2.25 bits per heavy atom. The van der Waals surface area contributed by atoms with Gasteiger partial charge < -0.3 is 9.72 Å². The zero-order valence-corrected chi connectivity index (χ0v) is 15.7. The third-order valence-corrected chi connectivity index (χ3v) is 4.63. The van der Waals surface area contributed by atoms with Crippen molar-refractivity contribution in [1.82, 2.24) is 19.9 Å². The number of hydrogen-bond acceptors (Lipinski definition) is 5. The van der Waals surface area contributed by atoms with Crippen LogP contribution < -0.4 is 10.3 Å². The number of halogens is 1. The molecule has 0 aliphatic carbocycles. The molecule has 1 aliphatic heterocycles. The van der Waals surface area contributed by atoms with E-state index in [-0.39, 0.29) is 11.5 Å². The fourth-order valence-electron chi connectivity index (χ4n) is 2.93. The number of aromatic amines is 1. The van der Waals surface area contributed by atoms with Crippen LogP contribution in [0.15, 0.2) is 21.5 Å². The Morgan fingerprint density at radius 1 is 1.46 bits per heavy atom. The normalized spacial score (nSPS) is 14.7. The second-order valence-corrected chi connectivity index (χ2v) is 7.23. The number of pyridine rings is 1. The summed E-state index contributed by atoms with van der Waals surface area (Å²) in [6.45, 7) is 6.25. The van der Waals surface area contributed by atoms with Gasteiger partial charge in [0.15, 0.2) is 0 Å². The highest BCUT2D eigenvalue weighted by molar-refractivity contribution is 9.10. The summed E-state index contributed by atoms with van der Waals surface area (Å²) in [7, 11) is 1.63. The Morgan fingerprint density at radius 3 is 2.96 bits per heavy atom. The van der Waals surface area contributed by atoms with E-state index in [1.807, 2.05) is 19.9 Å². The molecule has 0 bridgehead atoms. The Bertz CT molecular complexity index is 804. The van der Waals surface area contributed by atoms with Crippen molar-refractivity contribution in [2.75, 3.05) is 13.7 Å². The molecule has 0 fully saturated rings. The van der Waals surface area contributed by atoms with Crippen molar-refractivity contribution in [3.63, 3.8) is 0 Å². The number of rotatable bonds is 4. The van der Waals surface area contributed by atoms with Gasteiger partial charge in [-0.25, -0.2) is 9.97 Å². The molecule has 3 rings (SSSR count). The smallest absolute Gasteiger partial charge is 0.254 e. The van der Waals surface area contributed by atoms with Crippen LogP contribution in [0.2, 0.25) is 0 Å². The van der Waals surface area contributed by atoms with E-state index in [1.54, 1.807) is 13.3 Å². The van der Waals surface area contributed by atoms with Crippen LogP contribution in [0.25, 0.3) is 0 Å². The SMILES string of the molecule is COc1ncc(Br)cc1CN1CCc2c(nc(C(C)C)[nH]c2=O)C1. The summed E-state index contributed by atoms with van der Waals surface area (Å²) in [5.74, 6) is 1.58. The average molecular weight is 393 g/mol. The summed E-state index contributed by atoms with van der Waals surface area (Å²) in [5.41, 5.74) is 2.72. The van der Waals surface area contributed by atoms with Crippen molar-refractivity contribution in [3.8, 4) is 5.88 Å². The molecule has 2 aromatic heterocycles. The zero-order valence-electron chi connectivity index (χ0n) is 14.1. The van der Waals surface area contributed by atoms with Crippen molar-refractivity contribution in [2.45, 2.75) is 39.3 Å². The predicted octanol–water partition coefficient (Wildman–Crippen LogP) is 2.62. The summed E-state index contributed by atoms with van der Waals surface area (Å²) in [6, 6.07) is 2.02. The predicted molar refractivity (Wildman–Crippen MR) is 95.3 cm³/mol. The molecular formula is C17H21BrN4O2. The number of nitrogens with one attached hydrogen (secondary N) is 1. The second-order valence-electron chi connectivity index (χ2n) is 6.31. The van der Waals surface area contributed by atoms with Gasteiger partial charge in [0.2, 0.25) is 5.88 Å². The maximum absolute atomic E-state index is 12.2. The molecule has 0 amide bonds. The van der Waals surface area contributed by atoms with E-state index < -0.39 is 0 Å². The molecule has 1 N–H and O–H groups in total. The van der Waals surface area contributed by atoms with E-state index in [0.29, 0.717) is 25.4 Å². The van der Waals surface area contributed by atoms with Crippen molar-refractivity contribution in [1.29, 1.82) is 0 Å². The van der Waals surface area contributed by atoms with Crippen molar-refractivity contribution >= 4 is 15.9 Å². The van der Waals surface area contributed by atoms with Crippen LogP contribution in [0.3, 0.4) is 0 Å². The second kappa shape index (κ2) is 7.03. The molecule has 0 aromatic carbocycles. The van der Waals surface area contributed by atoms with E-state index in [1.165, 1.54) is 0 Å². The van der Waals surface area contributed by atoms with Crippen LogP contribution in [0, 0.1) is 0 Å². The summed E-state index contributed by atoms with van der Waals surface area (Å²) >= 11 is 3.46. The van der Waals surface area contributed by atoms with Crippen LogP contribution in [-0.2, 0) is 19.5 Å². The van der Waals surface area contributed by atoms with Gasteiger partial charge in [0.05, 0.1) is 12.8 Å². The van der Waals surface area contributed by atoms with Gasteiger partial charge in [-0.2, -0.15) is 0 Å². The molecule has 3 heterocycles. The topological polar surface area (TPSA) is 71.1 Å². The first-order valence-electron chi connectivity index (χ1n) is 8.00. The Hall–Kier alpha value is -1.73. The summed E-state index contributed by atoms with van der Waals surface area (Å²) in [5, 5.41) is 0. The molecule has 0 saturated carbocycles. The van der Waals surface area contributed by atoms with Gasteiger partial charge in [-0.15, -0.1) is 0 Å². The van der Waals surface area contributed by atoms with Crippen LogP contribution in [-0.4, -0.2) is 33.5 Å². The fraction of sp³-hybridized carbons (Fsp3) is 0.471. The van der Waals surface area contributed by atoms with Crippen molar-refractivity contribution in [2.24, 2.45) is 0 Å². The van der Waals surface area contributed by atoms with Crippen molar-refractivity contribution in [3.05, 3.63) is 49.7 Å². The summed E-state index contributed by atoms with van der Waals surface area (Å²) < 4.78 is 6.28. The quantitative estimate of drug-likeness (QED) is 0.865. The van der Waals surface area contributed by atoms with E-state index in [0.717, 1.165) is 33.7 Å². The zero-order chi connectivity index (χ0) is 17.3. The van der Waals surface area contributed by atoms with E-state index >= 15 is 0 Å². The Kier molecular flexibility index (Phi) is 5.01. The van der Waals surface area contributed by atoms with Crippen LogP contribution in [0.1, 0.15) is 42.4 Å². The largest absolute Gasteiger partial charge is 0.481 e. The molecule has 0 spiro atoms. The molecule has 1 aliphatic rings. The highest BCUT2D eigenvalue weighted by Gasteiger charge is 2.22. The van der Waals surface area contributed by atoms with Gasteiger partial charge in [0.1, 0.15) is 5.82 Å². The molecule has 7 heteroatoms. The molecule has 0 unspecified atom stereocenters. The molecular weight excluding hydrogens is 372 g/mol. The molecule has 0 atom stereocenters. The maximum atomic E-state index is 12.2. The lowest BCUT2D eigenvalue weighted by molar-refractivity contribution is 0.235. The minimum Gasteiger partial charge on any atom is -0.481 e. The van der Waals surface area contributed by atoms with Crippen LogP contribution in [0.5, 0.6) is 5.88 Å². The van der Waals surface area contributed by atoms with Gasteiger partial charge in [-0.05, 0) is 28.4 Å². The molecule has 128 valence electrons. The highest BCUT2D eigenvalue weighted by Crippen LogP contribution is 2.24.